The van der Waals surface area contributed by atoms with Crippen molar-refractivity contribution in [1.82, 2.24) is 25.5 Å². The molecule has 0 aliphatic carbocycles. The van der Waals surface area contributed by atoms with E-state index in [9.17, 15) is 9.59 Å². The summed E-state index contributed by atoms with van der Waals surface area (Å²) >= 11 is 0. The molecule has 41 heavy (non-hydrogen) atoms. The van der Waals surface area contributed by atoms with Gasteiger partial charge in [-0.2, -0.15) is 0 Å². The van der Waals surface area contributed by atoms with Crippen molar-refractivity contribution >= 4 is 28.6 Å². The van der Waals surface area contributed by atoms with Gasteiger partial charge in [-0.25, -0.2) is 0 Å². The lowest BCUT2D eigenvalue weighted by Gasteiger charge is -2.25. The summed E-state index contributed by atoms with van der Waals surface area (Å²) in [4.78, 5) is 35.9. The first-order chi connectivity index (χ1) is 19.9. The molecular formula is C31H32N6O4. The Balaban J connectivity index is 1.11. The van der Waals surface area contributed by atoms with E-state index in [1.807, 2.05) is 73.7 Å². The highest BCUT2D eigenvalue weighted by molar-refractivity contribution is 5.99. The highest BCUT2D eigenvalue weighted by Crippen LogP contribution is 2.35. The lowest BCUT2D eigenvalue weighted by atomic mass is 10.0. The molecular weight excluding hydrogens is 520 g/mol. The number of carbonyl (C=O) groups is 2. The zero-order valence-corrected chi connectivity index (χ0v) is 22.7. The number of amidine groups is 1. The fourth-order valence-electron chi connectivity index (χ4n) is 5.48. The number of nitrogens with zero attached hydrogens (tertiary/aromatic N) is 2. The minimum Gasteiger partial charge on any atom is -0.361 e. The van der Waals surface area contributed by atoms with E-state index < -0.39 is 11.8 Å². The lowest BCUT2D eigenvalue weighted by molar-refractivity contribution is -0.152. The molecule has 2 aliphatic rings. The Labute approximate surface area is 237 Å². The number of pyridine rings is 1. The van der Waals surface area contributed by atoms with Crippen molar-refractivity contribution in [3.63, 3.8) is 0 Å². The summed E-state index contributed by atoms with van der Waals surface area (Å²) in [6.07, 6.45) is 3.72. The first-order valence-electron chi connectivity index (χ1n) is 13.7. The maximum absolute atomic E-state index is 13.5. The predicted molar refractivity (Wildman–Crippen MR) is 154 cm³/mol. The van der Waals surface area contributed by atoms with Crippen LogP contribution in [0.3, 0.4) is 0 Å². The Morgan fingerprint density at radius 2 is 1.83 bits per heavy atom. The van der Waals surface area contributed by atoms with Gasteiger partial charge in [0.1, 0.15) is 11.9 Å². The molecule has 4 N–H and O–H groups in total. The van der Waals surface area contributed by atoms with Gasteiger partial charge in [0.05, 0.1) is 32.3 Å². The van der Waals surface area contributed by atoms with Crippen LogP contribution in [0, 0.1) is 5.41 Å². The molecule has 0 unspecified atom stereocenters. The largest absolute Gasteiger partial charge is 0.361 e. The molecule has 0 saturated carbocycles. The standard InChI is InChI=1S/C31H32N6O4/c1-20(26-15-24-17-33-12-11-25(24)36-26)35-30(39)27-16-31(40-13-14-41-31)19-37(27)28(38)18-34-29(32)23-9-7-22(8-10-23)21-5-3-2-4-6-21/h2-12,15,17,20,27,36H,13-14,16,18-19H2,1H3,(H2,32,34)(H,35,39)/t20-,27+/m1/s1. The van der Waals surface area contributed by atoms with E-state index in [4.69, 9.17) is 14.9 Å². The van der Waals surface area contributed by atoms with Crippen molar-refractivity contribution < 1.29 is 19.1 Å². The third kappa shape index (κ3) is 5.57. The minimum atomic E-state index is -0.992. The summed E-state index contributed by atoms with van der Waals surface area (Å²) in [5.41, 5.74) is 4.57. The molecule has 2 fully saturated rings. The van der Waals surface area contributed by atoms with E-state index in [-0.39, 0.29) is 43.2 Å². The maximum Gasteiger partial charge on any atom is 0.243 e. The van der Waals surface area contributed by atoms with Gasteiger partial charge in [-0.05, 0) is 30.2 Å². The summed E-state index contributed by atoms with van der Waals surface area (Å²) < 4.78 is 11.7. The second-order valence-electron chi connectivity index (χ2n) is 10.4. The lowest BCUT2D eigenvalue weighted by Crippen LogP contribution is -2.49. The Kier molecular flexibility index (Phi) is 7.25. The molecule has 2 saturated heterocycles. The SMILES string of the molecule is C[C@@H](NC(=O)[C@@H]1CC2(CN1C(=O)CNC(=N)c1ccc(-c3ccccc3)cc1)OCCO2)c1cc2cnccc2[nH]1. The van der Waals surface area contributed by atoms with Crippen LogP contribution in [-0.4, -0.2) is 70.7 Å². The van der Waals surface area contributed by atoms with E-state index in [0.717, 1.165) is 27.7 Å². The van der Waals surface area contributed by atoms with Gasteiger partial charge in [0, 0.05) is 41.0 Å². The van der Waals surface area contributed by atoms with Gasteiger partial charge >= 0.3 is 0 Å². The van der Waals surface area contributed by atoms with Gasteiger partial charge in [0.25, 0.3) is 0 Å². The second-order valence-corrected chi connectivity index (χ2v) is 10.4. The number of hydrogen-bond donors (Lipinski definition) is 4. The van der Waals surface area contributed by atoms with Gasteiger partial charge in [-0.15, -0.1) is 0 Å². The number of aromatic nitrogens is 2. The van der Waals surface area contributed by atoms with Crippen LogP contribution in [0.1, 0.15) is 30.6 Å². The number of hydrogen-bond acceptors (Lipinski definition) is 6. The minimum absolute atomic E-state index is 0.128. The molecule has 210 valence electrons. The number of rotatable bonds is 7. The molecule has 2 amide bonds. The molecule has 2 aliphatic heterocycles. The van der Waals surface area contributed by atoms with Crippen molar-refractivity contribution in [3.8, 4) is 11.1 Å². The fourth-order valence-corrected chi connectivity index (χ4v) is 5.48. The summed E-state index contributed by atoms with van der Waals surface area (Å²) in [7, 11) is 0. The number of fused-ring (bicyclic) bond motifs is 1. The molecule has 4 aromatic rings. The average Bonchev–Trinajstić information content (AvgIpc) is 3.75. The van der Waals surface area contributed by atoms with Gasteiger partial charge < -0.3 is 30.0 Å². The predicted octanol–water partition coefficient (Wildman–Crippen LogP) is 3.37. The quantitative estimate of drug-likeness (QED) is 0.205. The average molecular weight is 553 g/mol. The third-order valence-electron chi connectivity index (χ3n) is 7.69. The molecule has 2 atom stereocenters. The van der Waals surface area contributed by atoms with Crippen molar-refractivity contribution in [3.05, 3.63) is 90.4 Å². The Bertz CT molecular complexity index is 1530. The second kappa shape index (κ2) is 11.1. The molecule has 2 aromatic carbocycles. The van der Waals surface area contributed by atoms with E-state index in [2.05, 4.69) is 20.6 Å². The summed E-state index contributed by atoms with van der Waals surface area (Å²) in [6.45, 7) is 2.73. The van der Waals surface area contributed by atoms with Crippen LogP contribution in [0.2, 0.25) is 0 Å². The summed E-state index contributed by atoms with van der Waals surface area (Å²) in [6, 6.07) is 20.4. The highest BCUT2D eigenvalue weighted by atomic mass is 16.7. The van der Waals surface area contributed by atoms with Crippen LogP contribution in [-0.2, 0) is 19.1 Å². The fraction of sp³-hybridized carbons (Fsp3) is 0.290. The number of aromatic amines is 1. The van der Waals surface area contributed by atoms with Gasteiger partial charge in [-0.3, -0.25) is 20.0 Å². The third-order valence-corrected chi connectivity index (χ3v) is 7.69. The van der Waals surface area contributed by atoms with Crippen LogP contribution in [0.15, 0.2) is 79.1 Å². The van der Waals surface area contributed by atoms with Crippen molar-refractivity contribution in [2.45, 2.75) is 31.2 Å². The van der Waals surface area contributed by atoms with Gasteiger partial charge in [-0.1, -0.05) is 54.6 Å². The van der Waals surface area contributed by atoms with Gasteiger partial charge in [0.15, 0.2) is 5.79 Å². The Morgan fingerprint density at radius 3 is 2.56 bits per heavy atom. The molecule has 0 bridgehead atoms. The molecule has 6 rings (SSSR count). The number of nitrogens with one attached hydrogen (secondary N) is 4. The van der Waals surface area contributed by atoms with Crippen LogP contribution >= 0.6 is 0 Å². The van der Waals surface area contributed by atoms with Crippen molar-refractivity contribution in [2.24, 2.45) is 0 Å². The monoisotopic (exact) mass is 552 g/mol. The molecule has 2 aromatic heterocycles. The molecule has 4 heterocycles. The zero-order valence-electron chi connectivity index (χ0n) is 22.7. The topological polar surface area (TPSA) is 132 Å². The van der Waals surface area contributed by atoms with E-state index in [1.54, 1.807) is 12.4 Å². The van der Waals surface area contributed by atoms with Crippen LogP contribution in [0.5, 0.6) is 0 Å². The van der Waals surface area contributed by atoms with E-state index >= 15 is 0 Å². The number of H-pyrrole nitrogens is 1. The smallest absolute Gasteiger partial charge is 0.243 e. The van der Waals surface area contributed by atoms with Crippen molar-refractivity contribution in [2.75, 3.05) is 26.3 Å². The van der Waals surface area contributed by atoms with Crippen LogP contribution < -0.4 is 10.6 Å². The first-order valence-corrected chi connectivity index (χ1v) is 13.7. The summed E-state index contributed by atoms with van der Waals surface area (Å²) in [5, 5.41) is 15.4. The number of likely N-dealkylation sites (tertiary alicyclic amines) is 1. The normalized spacial score (nSPS) is 18.5. The number of ether oxygens (including phenoxy) is 2. The molecule has 0 radical (unpaired) electrons. The molecule has 10 heteroatoms. The Hall–Kier alpha value is -4.54. The highest BCUT2D eigenvalue weighted by Gasteiger charge is 2.52. The maximum atomic E-state index is 13.5. The van der Waals surface area contributed by atoms with Crippen molar-refractivity contribution in [1.29, 1.82) is 5.41 Å². The molecule has 10 nitrogen and oxygen atoms in total. The molecule has 1 spiro atoms. The van der Waals surface area contributed by atoms with Crippen LogP contribution in [0.25, 0.3) is 22.0 Å². The first kappa shape index (κ1) is 26.7. The van der Waals surface area contributed by atoms with Gasteiger partial charge in [0.2, 0.25) is 11.8 Å². The van der Waals surface area contributed by atoms with E-state index in [0.29, 0.717) is 18.8 Å². The van der Waals surface area contributed by atoms with E-state index in [1.165, 1.54) is 4.90 Å². The number of amides is 2. The zero-order chi connectivity index (χ0) is 28.4. The summed E-state index contributed by atoms with van der Waals surface area (Å²) in [5.74, 6) is -1.46. The number of carbonyl (C=O) groups excluding carboxylic acids is 2. The van der Waals surface area contributed by atoms with Crippen LogP contribution in [0.4, 0.5) is 0 Å². The Morgan fingerprint density at radius 1 is 1.10 bits per heavy atom. The number of benzene rings is 2.